The Morgan fingerprint density at radius 2 is 1.73 bits per heavy atom. The first-order chi connectivity index (χ1) is 14.0. The molecule has 3 rings (SSSR count). The number of hydrogen-bond acceptors (Lipinski definition) is 5. The lowest BCUT2D eigenvalue weighted by Crippen LogP contribution is -2.36. The molecule has 1 N–H and O–H groups in total. The van der Waals surface area contributed by atoms with Gasteiger partial charge >= 0.3 is 5.97 Å². The third kappa shape index (κ3) is 4.05. The molecule has 0 unspecified atom stereocenters. The standard InChI is InChI=1S/C22H26N2O5S/c1-14(2)20(25)24-13-22(3,4)18-12-17(10-11-19(18)24)30(27,28)23-16-8-6-15(7-9-16)21(26)29-5/h6-12,14,23H,13H2,1-5H3. The van der Waals surface area contributed by atoms with Gasteiger partial charge in [0.1, 0.15) is 0 Å². The fraction of sp³-hybridized carbons (Fsp3) is 0.364. The Labute approximate surface area is 177 Å². The third-order valence-electron chi connectivity index (χ3n) is 5.17. The lowest BCUT2D eigenvalue weighted by molar-refractivity contribution is -0.121. The van der Waals surface area contributed by atoms with Crippen molar-refractivity contribution in [3.63, 3.8) is 0 Å². The molecule has 0 saturated carbocycles. The summed E-state index contributed by atoms with van der Waals surface area (Å²) < 4.78 is 33.0. The zero-order chi connectivity index (χ0) is 22.3. The van der Waals surface area contributed by atoms with E-state index in [0.29, 0.717) is 17.8 Å². The average molecular weight is 431 g/mol. The molecule has 8 heteroatoms. The highest BCUT2D eigenvalue weighted by Crippen LogP contribution is 2.42. The minimum absolute atomic E-state index is 0.0150. The van der Waals surface area contributed by atoms with Crippen LogP contribution in [0.1, 0.15) is 43.6 Å². The van der Waals surface area contributed by atoms with Crippen molar-refractivity contribution in [3.8, 4) is 0 Å². The quantitative estimate of drug-likeness (QED) is 0.732. The summed E-state index contributed by atoms with van der Waals surface area (Å²) in [4.78, 5) is 26.0. The van der Waals surface area contributed by atoms with Gasteiger partial charge in [0.2, 0.25) is 5.91 Å². The zero-order valence-electron chi connectivity index (χ0n) is 17.7. The predicted molar refractivity (Wildman–Crippen MR) is 115 cm³/mol. The van der Waals surface area contributed by atoms with Crippen LogP contribution in [0, 0.1) is 5.92 Å². The maximum atomic E-state index is 12.9. The molecule has 1 aliphatic rings. The van der Waals surface area contributed by atoms with Crippen LogP contribution in [0.15, 0.2) is 47.4 Å². The number of nitrogens with one attached hydrogen (secondary N) is 1. The van der Waals surface area contributed by atoms with Crippen molar-refractivity contribution >= 4 is 33.3 Å². The third-order valence-corrected chi connectivity index (χ3v) is 6.55. The first-order valence-corrected chi connectivity index (χ1v) is 11.1. The SMILES string of the molecule is COC(=O)c1ccc(NS(=O)(=O)c2ccc3c(c2)C(C)(C)CN3C(=O)C(C)C)cc1. The fourth-order valence-corrected chi connectivity index (χ4v) is 4.62. The number of hydrogen-bond donors (Lipinski definition) is 1. The molecule has 0 fully saturated rings. The van der Waals surface area contributed by atoms with Crippen molar-refractivity contribution < 1.29 is 22.7 Å². The summed E-state index contributed by atoms with van der Waals surface area (Å²) in [6.07, 6.45) is 0. The van der Waals surface area contributed by atoms with Gasteiger partial charge in [-0.1, -0.05) is 27.7 Å². The Bertz CT molecular complexity index is 1090. The van der Waals surface area contributed by atoms with Gasteiger partial charge in [-0.05, 0) is 48.0 Å². The molecular formula is C22H26N2O5S. The highest BCUT2D eigenvalue weighted by atomic mass is 32.2. The number of anilines is 2. The molecule has 160 valence electrons. The molecule has 0 aromatic heterocycles. The minimum atomic E-state index is -3.85. The Balaban J connectivity index is 1.91. The van der Waals surface area contributed by atoms with E-state index in [1.165, 1.54) is 37.4 Å². The number of fused-ring (bicyclic) bond motifs is 1. The van der Waals surface area contributed by atoms with Crippen LogP contribution in [0.4, 0.5) is 11.4 Å². The summed E-state index contributed by atoms with van der Waals surface area (Å²) in [5.41, 5.74) is 1.86. The molecule has 2 aromatic rings. The molecule has 0 saturated heterocycles. The highest BCUT2D eigenvalue weighted by molar-refractivity contribution is 7.92. The van der Waals surface area contributed by atoms with Gasteiger partial charge < -0.3 is 9.64 Å². The van der Waals surface area contributed by atoms with Crippen molar-refractivity contribution in [2.75, 3.05) is 23.3 Å². The smallest absolute Gasteiger partial charge is 0.337 e. The molecule has 1 heterocycles. The van der Waals surface area contributed by atoms with Crippen molar-refractivity contribution in [2.45, 2.75) is 38.0 Å². The maximum absolute atomic E-state index is 12.9. The largest absolute Gasteiger partial charge is 0.465 e. The Morgan fingerprint density at radius 3 is 2.30 bits per heavy atom. The van der Waals surface area contributed by atoms with Crippen LogP contribution in [-0.2, 0) is 25.0 Å². The van der Waals surface area contributed by atoms with E-state index in [2.05, 4.69) is 9.46 Å². The lowest BCUT2D eigenvalue weighted by atomic mass is 9.87. The molecule has 0 radical (unpaired) electrons. The number of rotatable bonds is 5. The maximum Gasteiger partial charge on any atom is 0.337 e. The van der Waals surface area contributed by atoms with Crippen molar-refractivity contribution in [1.29, 1.82) is 0 Å². The van der Waals surface area contributed by atoms with Gasteiger partial charge in [0.05, 0.1) is 17.6 Å². The first-order valence-electron chi connectivity index (χ1n) is 9.63. The number of ether oxygens (including phenoxy) is 1. The Hall–Kier alpha value is -2.87. The van der Waals surface area contributed by atoms with E-state index in [-0.39, 0.29) is 22.1 Å². The highest BCUT2D eigenvalue weighted by Gasteiger charge is 2.39. The second kappa shape index (κ2) is 7.75. The van der Waals surface area contributed by atoms with Crippen LogP contribution in [-0.4, -0.2) is 33.9 Å². The molecule has 30 heavy (non-hydrogen) atoms. The summed E-state index contributed by atoms with van der Waals surface area (Å²) in [6, 6.07) is 10.8. The van der Waals surface area contributed by atoms with Gasteiger partial charge in [-0.25, -0.2) is 13.2 Å². The van der Waals surface area contributed by atoms with Crippen LogP contribution in [0.3, 0.4) is 0 Å². The molecule has 0 aliphatic carbocycles. The molecule has 0 atom stereocenters. The molecule has 0 spiro atoms. The number of esters is 1. The zero-order valence-corrected chi connectivity index (χ0v) is 18.5. The fourth-order valence-electron chi connectivity index (χ4n) is 3.54. The van der Waals surface area contributed by atoms with E-state index < -0.39 is 16.0 Å². The van der Waals surface area contributed by atoms with Crippen LogP contribution in [0.2, 0.25) is 0 Å². The molecule has 1 amide bonds. The summed E-state index contributed by atoms with van der Waals surface area (Å²) in [5, 5.41) is 0. The predicted octanol–water partition coefficient (Wildman–Crippen LogP) is 3.55. The van der Waals surface area contributed by atoms with E-state index >= 15 is 0 Å². The average Bonchev–Trinajstić information content (AvgIpc) is 2.97. The van der Waals surface area contributed by atoms with Crippen LogP contribution < -0.4 is 9.62 Å². The number of amides is 1. The van der Waals surface area contributed by atoms with Crippen LogP contribution >= 0.6 is 0 Å². The van der Waals surface area contributed by atoms with E-state index in [1.807, 2.05) is 27.7 Å². The lowest BCUT2D eigenvalue weighted by Gasteiger charge is -2.22. The van der Waals surface area contributed by atoms with Gasteiger partial charge in [-0.15, -0.1) is 0 Å². The summed E-state index contributed by atoms with van der Waals surface area (Å²) in [5.74, 6) is -0.628. The molecular weight excluding hydrogens is 404 g/mol. The second-order valence-corrected chi connectivity index (χ2v) is 10.00. The monoisotopic (exact) mass is 430 g/mol. The Morgan fingerprint density at radius 1 is 1.10 bits per heavy atom. The first kappa shape index (κ1) is 21.8. The molecule has 2 aromatic carbocycles. The van der Waals surface area contributed by atoms with E-state index in [0.717, 1.165) is 11.3 Å². The molecule has 7 nitrogen and oxygen atoms in total. The molecule has 1 aliphatic heterocycles. The summed E-state index contributed by atoms with van der Waals surface area (Å²) in [6.45, 7) is 8.19. The van der Waals surface area contributed by atoms with E-state index in [9.17, 15) is 18.0 Å². The topological polar surface area (TPSA) is 92.8 Å². The van der Waals surface area contributed by atoms with Crippen molar-refractivity contribution in [2.24, 2.45) is 5.92 Å². The minimum Gasteiger partial charge on any atom is -0.465 e. The van der Waals surface area contributed by atoms with Gasteiger partial charge in [0.25, 0.3) is 10.0 Å². The van der Waals surface area contributed by atoms with Crippen molar-refractivity contribution in [1.82, 2.24) is 0 Å². The van der Waals surface area contributed by atoms with Crippen LogP contribution in [0.5, 0.6) is 0 Å². The normalized spacial score (nSPS) is 15.1. The van der Waals surface area contributed by atoms with Gasteiger partial charge in [0.15, 0.2) is 0 Å². The van der Waals surface area contributed by atoms with E-state index in [1.54, 1.807) is 17.0 Å². The number of benzene rings is 2. The summed E-state index contributed by atoms with van der Waals surface area (Å²) >= 11 is 0. The number of methoxy groups -OCH3 is 1. The number of carbonyl (C=O) groups is 2. The number of sulfonamides is 1. The van der Waals surface area contributed by atoms with Gasteiger partial charge in [-0.3, -0.25) is 9.52 Å². The number of nitrogens with zero attached hydrogens (tertiary/aromatic N) is 1. The van der Waals surface area contributed by atoms with Gasteiger partial charge in [-0.2, -0.15) is 0 Å². The van der Waals surface area contributed by atoms with Gasteiger partial charge in [0, 0.05) is 29.3 Å². The van der Waals surface area contributed by atoms with Crippen molar-refractivity contribution in [3.05, 3.63) is 53.6 Å². The Kier molecular flexibility index (Phi) is 5.64. The second-order valence-electron chi connectivity index (χ2n) is 8.32. The van der Waals surface area contributed by atoms with Crippen LogP contribution in [0.25, 0.3) is 0 Å². The number of carbonyl (C=O) groups excluding carboxylic acids is 2. The summed E-state index contributed by atoms with van der Waals surface area (Å²) in [7, 11) is -2.57. The van der Waals surface area contributed by atoms with E-state index in [4.69, 9.17) is 0 Å². The molecule has 0 bridgehead atoms.